The maximum atomic E-state index is 13.2. The normalized spacial score (nSPS) is 29.2. The zero-order valence-electron chi connectivity index (χ0n) is 20.4. The number of aliphatic hydroxyl groups is 2. The summed E-state index contributed by atoms with van der Waals surface area (Å²) in [6, 6.07) is 12.6. The van der Waals surface area contributed by atoms with E-state index in [9.17, 15) is 19.8 Å². The molecule has 1 fully saturated rings. The Morgan fingerprint density at radius 3 is 2.64 bits per heavy atom. The van der Waals surface area contributed by atoms with Crippen molar-refractivity contribution in [3.05, 3.63) is 65.1 Å². The molecule has 1 aromatic carbocycles. The van der Waals surface area contributed by atoms with Gasteiger partial charge >= 0.3 is 0 Å². The summed E-state index contributed by atoms with van der Waals surface area (Å²) in [5.74, 6) is -0.610. The molecule has 2 aromatic heterocycles. The number of thiazole rings is 1. The van der Waals surface area contributed by atoms with Gasteiger partial charge in [0.15, 0.2) is 10.9 Å². The molecule has 2 heterocycles. The molecule has 8 nitrogen and oxygen atoms in total. The number of furan rings is 1. The average molecular weight is 510 g/mol. The SMILES string of the molecule is CC1(CO)C(O)CCC2(C)C(CC(=O)Nc3ccccc3)c3nc(NC(=O)c4ccco4)sc3CC12. The van der Waals surface area contributed by atoms with E-state index in [2.05, 4.69) is 17.6 Å². The molecule has 2 aliphatic carbocycles. The van der Waals surface area contributed by atoms with Crippen LogP contribution in [-0.4, -0.2) is 39.7 Å². The number of carbonyl (C=O) groups excluding carboxylic acids is 2. The summed E-state index contributed by atoms with van der Waals surface area (Å²) in [5, 5.41) is 27.6. The molecule has 3 aromatic rings. The molecule has 1 saturated carbocycles. The van der Waals surface area contributed by atoms with Crippen molar-refractivity contribution in [3.8, 4) is 0 Å². The maximum Gasteiger partial charge on any atom is 0.293 e. The van der Waals surface area contributed by atoms with Crippen molar-refractivity contribution in [1.82, 2.24) is 4.98 Å². The van der Waals surface area contributed by atoms with Gasteiger partial charge in [0.1, 0.15) is 0 Å². The van der Waals surface area contributed by atoms with E-state index in [0.717, 1.165) is 16.3 Å². The van der Waals surface area contributed by atoms with Crippen LogP contribution in [0.1, 0.15) is 60.2 Å². The second kappa shape index (κ2) is 9.46. The number of nitrogens with one attached hydrogen (secondary N) is 2. The van der Waals surface area contributed by atoms with E-state index in [1.165, 1.54) is 17.6 Å². The first-order valence-corrected chi connectivity index (χ1v) is 13.0. The van der Waals surface area contributed by atoms with E-state index in [4.69, 9.17) is 9.40 Å². The number of hydrogen-bond acceptors (Lipinski definition) is 7. The molecule has 190 valence electrons. The minimum absolute atomic E-state index is 0.0603. The van der Waals surface area contributed by atoms with Gasteiger partial charge in [-0.15, -0.1) is 11.3 Å². The molecule has 5 atom stereocenters. The van der Waals surface area contributed by atoms with Crippen LogP contribution in [0, 0.1) is 16.7 Å². The van der Waals surface area contributed by atoms with Crippen LogP contribution >= 0.6 is 11.3 Å². The van der Waals surface area contributed by atoms with Gasteiger partial charge in [0.2, 0.25) is 5.91 Å². The Morgan fingerprint density at radius 1 is 1.17 bits per heavy atom. The Hall–Kier alpha value is -3.01. The van der Waals surface area contributed by atoms with E-state index in [1.54, 1.807) is 12.1 Å². The molecule has 9 heteroatoms. The van der Waals surface area contributed by atoms with Crippen LogP contribution < -0.4 is 10.6 Å². The molecule has 36 heavy (non-hydrogen) atoms. The number of benzene rings is 1. The standard InChI is InChI=1S/C27H31N3O5S/c1-26-11-10-21(32)27(2,15-31)20(26)14-19-23(17(26)13-22(33)28-16-7-4-3-5-8-16)29-25(36-19)30-24(34)18-9-6-12-35-18/h3-9,12,17,20-21,31-32H,10-11,13-15H2,1-2H3,(H,28,33)(H,29,30,34). The van der Waals surface area contributed by atoms with Crippen molar-refractivity contribution in [3.63, 3.8) is 0 Å². The Balaban J connectivity index is 1.50. The van der Waals surface area contributed by atoms with Gasteiger partial charge in [0.25, 0.3) is 5.91 Å². The van der Waals surface area contributed by atoms with Crippen LogP contribution in [0.2, 0.25) is 0 Å². The number of fused-ring (bicyclic) bond motifs is 2. The lowest BCUT2D eigenvalue weighted by Gasteiger charge is -2.58. The Morgan fingerprint density at radius 2 is 1.94 bits per heavy atom. The van der Waals surface area contributed by atoms with E-state index in [0.29, 0.717) is 24.4 Å². The van der Waals surface area contributed by atoms with Gasteiger partial charge < -0.3 is 19.9 Å². The summed E-state index contributed by atoms with van der Waals surface area (Å²) in [4.78, 5) is 31.6. The highest BCUT2D eigenvalue weighted by Gasteiger charge is 2.59. The molecule has 2 aliphatic rings. The molecular weight excluding hydrogens is 478 g/mol. The number of carbonyl (C=O) groups is 2. The van der Waals surface area contributed by atoms with Gasteiger partial charge in [0, 0.05) is 28.3 Å². The van der Waals surface area contributed by atoms with Crippen LogP contribution in [0.3, 0.4) is 0 Å². The zero-order valence-corrected chi connectivity index (χ0v) is 21.2. The van der Waals surface area contributed by atoms with Crippen LogP contribution in [0.5, 0.6) is 0 Å². The van der Waals surface area contributed by atoms with Gasteiger partial charge in [0.05, 0.1) is 24.7 Å². The summed E-state index contributed by atoms with van der Waals surface area (Å²) >= 11 is 1.38. The second-order valence-electron chi connectivity index (χ2n) is 10.4. The Kier molecular flexibility index (Phi) is 6.48. The second-order valence-corrected chi connectivity index (χ2v) is 11.5. The number of para-hydroxylation sites is 1. The first-order valence-electron chi connectivity index (χ1n) is 12.2. The van der Waals surface area contributed by atoms with E-state index in [1.807, 2.05) is 37.3 Å². The summed E-state index contributed by atoms with van der Waals surface area (Å²) < 4.78 is 5.20. The molecule has 0 aliphatic heterocycles. The molecule has 0 bridgehead atoms. The average Bonchev–Trinajstić information content (AvgIpc) is 3.54. The van der Waals surface area contributed by atoms with E-state index < -0.39 is 11.5 Å². The number of aromatic nitrogens is 1. The molecule has 5 rings (SSSR count). The molecule has 5 unspecified atom stereocenters. The zero-order chi connectivity index (χ0) is 25.5. The lowest BCUT2D eigenvalue weighted by atomic mass is 9.47. The minimum Gasteiger partial charge on any atom is -0.459 e. The lowest BCUT2D eigenvalue weighted by Crippen LogP contribution is -2.57. The van der Waals surface area contributed by atoms with Gasteiger partial charge in [-0.2, -0.15) is 0 Å². The smallest absolute Gasteiger partial charge is 0.293 e. The van der Waals surface area contributed by atoms with Gasteiger partial charge in [-0.05, 0) is 54.9 Å². The minimum atomic E-state index is -0.708. The van der Waals surface area contributed by atoms with Gasteiger partial charge in [-0.25, -0.2) is 4.98 Å². The number of anilines is 2. The van der Waals surface area contributed by atoms with Gasteiger partial charge in [-0.3, -0.25) is 14.9 Å². The van der Waals surface area contributed by atoms with Crippen LogP contribution in [0.4, 0.5) is 10.8 Å². The molecule has 4 N–H and O–H groups in total. The monoisotopic (exact) mass is 509 g/mol. The third-order valence-electron chi connectivity index (χ3n) is 8.31. The largest absolute Gasteiger partial charge is 0.459 e. The Bertz CT molecular complexity index is 1240. The summed E-state index contributed by atoms with van der Waals surface area (Å²) in [6.07, 6.45) is 2.89. The molecule has 0 radical (unpaired) electrons. The van der Waals surface area contributed by atoms with Crippen LogP contribution in [0.25, 0.3) is 0 Å². The molecular formula is C27H31N3O5S. The molecule has 0 spiro atoms. The maximum absolute atomic E-state index is 13.2. The summed E-state index contributed by atoms with van der Waals surface area (Å²) in [5.41, 5.74) is 0.465. The van der Waals surface area contributed by atoms with E-state index >= 15 is 0 Å². The first kappa shape index (κ1) is 24.7. The fraction of sp³-hybridized carbons (Fsp3) is 0.444. The predicted molar refractivity (Wildman–Crippen MR) is 137 cm³/mol. The van der Waals surface area contributed by atoms with Crippen molar-refractivity contribution in [1.29, 1.82) is 0 Å². The summed E-state index contributed by atoms with van der Waals surface area (Å²) in [7, 11) is 0. The lowest BCUT2D eigenvalue weighted by molar-refractivity contribution is -0.143. The number of rotatable bonds is 6. The number of amides is 2. The molecule has 2 amide bonds. The highest BCUT2D eigenvalue weighted by Crippen LogP contribution is 2.62. The third-order valence-corrected chi connectivity index (χ3v) is 9.32. The first-order chi connectivity index (χ1) is 17.2. The summed E-state index contributed by atoms with van der Waals surface area (Å²) in [6.45, 7) is 3.95. The number of aliphatic hydroxyl groups excluding tert-OH is 2. The fourth-order valence-electron chi connectivity index (χ4n) is 6.18. The third kappa shape index (κ3) is 4.25. The van der Waals surface area contributed by atoms with Gasteiger partial charge in [-0.1, -0.05) is 32.0 Å². The molecule has 0 saturated heterocycles. The quantitative estimate of drug-likeness (QED) is 0.390. The Labute approximate surface area is 213 Å². The van der Waals surface area contributed by atoms with Crippen LogP contribution in [-0.2, 0) is 11.2 Å². The highest BCUT2D eigenvalue weighted by atomic mass is 32.1. The van der Waals surface area contributed by atoms with Crippen molar-refractivity contribution < 1.29 is 24.2 Å². The number of hydrogen-bond donors (Lipinski definition) is 4. The topological polar surface area (TPSA) is 125 Å². The van der Waals surface area contributed by atoms with E-state index in [-0.39, 0.29) is 47.9 Å². The van der Waals surface area contributed by atoms with Crippen molar-refractivity contribution >= 4 is 34.0 Å². The van der Waals surface area contributed by atoms with Crippen molar-refractivity contribution in [2.24, 2.45) is 16.7 Å². The fourth-order valence-corrected chi connectivity index (χ4v) is 7.25. The predicted octanol–water partition coefficient (Wildman–Crippen LogP) is 4.43. The highest BCUT2D eigenvalue weighted by molar-refractivity contribution is 7.15. The van der Waals surface area contributed by atoms with Crippen molar-refractivity contribution in [2.75, 3.05) is 17.2 Å². The number of nitrogens with zero attached hydrogens (tertiary/aromatic N) is 1. The van der Waals surface area contributed by atoms with Crippen LogP contribution in [0.15, 0.2) is 53.1 Å². The van der Waals surface area contributed by atoms with Crippen molar-refractivity contribution in [2.45, 2.75) is 51.6 Å².